The largest absolute Gasteiger partial charge is 0.291 e. The van der Waals surface area contributed by atoms with Crippen molar-refractivity contribution in [2.75, 3.05) is 0 Å². The molecule has 0 saturated carbocycles. The Morgan fingerprint density at radius 1 is 1.19 bits per heavy atom. The van der Waals surface area contributed by atoms with Crippen molar-refractivity contribution in [3.8, 4) is 5.69 Å². The van der Waals surface area contributed by atoms with Crippen molar-refractivity contribution in [3.63, 3.8) is 0 Å². The third-order valence-electron chi connectivity index (χ3n) is 3.07. The van der Waals surface area contributed by atoms with E-state index in [-0.39, 0.29) is 11.4 Å². The number of aromatic nitrogens is 2. The molecule has 0 N–H and O–H groups in total. The number of nitrogens with zero attached hydrogens (tertiary/aromatic N) is 2. The maximum absolute atomic E-state index is 14.2. The minimum atomic E-state index is -0.969. The van der Waals surface area contributed by atoms with E-state index in [9.17, 15) is 8.78 Å². The van der Waals surface area contributed by atoms with Gasteiger partial charge in [0.15, 0.2) is 11.6 Å². The predicted octanol–water partition coefficient (Wildman–Crippen LogP) is 5.46. The maximum atomic E-state index is 14.2. The summed E-state index contributed by atoms with van der Waals surface area (Å²) < 4.78 is 29.8. The van der Waals surface area contributed by atoms with Gasteiger partial charge < -0.3 is 0 Å². The Hall–Kier alpha value is -1.17. The van der Waals surface area contributed by atoms with Crippen LogP contribution in [-0.2, 0) is 5.88 Å². The van der Waals surface area contributed by atoms with Crippen molar-refractivity contribution in [3.05, 3.63) is 57.3 Å². The van der Waals surface area contributed by atoms with Gasteiger partial charge in [-0.25, -0.2) is 13.8 Å². The fraction of sp³-hybridized carbons (Fsp3) is 0.0714. The van der Waals surface area contributed by atoms with E-state index >= 15 is 0 Å². The number of hydrogen-bond acceptors (Lipinski definition) is 1. The number of alkyl halides is 1. The quantitative estimate of drug-likeness (QED) is 0.530. The molecule has 3 aromatic rings. The zero-order chi connectivity index (χ0) is 15.1. The second kappa shape index (κ2) is 5.55. The smallest absolute Gasteiger partial charge is 0.185 e. The number of hydrogen-bond donors (Lipinski definition) is 0. The average molecular weight is 392 g/mol. The zero-order valence-corrected chi connectivity index (χ0v) is 13.5. The maximum Gasteiger partial charge on any atom is 0.185 e. The van der Waals surface area contributed by atoms with E-state index < -0.39 is 11.6 Å². The van der Waals surface area contributed by atoms with Crippen LogP contribution in [0, 0.1) is 11.6 Å². The number of rotatable bonds is 2. The van der Waals surface area contributed by atoms with E-state index in [0.717, 1.165) is 6.07 Å². The molecule has 1 aromatic heterocycles. The first-order valence-electron chi connectivity index (χ1n) is 5.90. The zero-order valence-electron chi connectivity index (χ0n) is 10.4. The highest BCUT2D eigenvalue weighted by atomic mass is 79.9. The van der Waals surface area contributed by atoms with Crippen LogP contribution in [0.25, 0.3) is 16.7 Å². The predicted molar refractivity (Wildman–Crippen MR) is 83.3 cm³/mol. The lowest BCUT2D eigenvalue weighted by Gasteiger charge is -2.11. The molecule has 0 spiro atoms. The fourth-order valence-electron chi connectivity index (χ4n) is 2.17. The summed E-state index contributed by atoms with van der Waals surface area (Å²) >= 11 is 15.3. The Bertz CT molecular complexity index is 849. The van der Waals surface area contributed by atoms with Crippen molar-refractivity contribution in [1.82, 2.24) is 9.55 Å². The number of halogens is 5. The van der Waals surface area contributed by atoms with Crippen LogP contribution in [0.4, 0.5) is 8.78 Å². The summed E-state index contributed by atoms with van der Waals surface area (Å²) in [5, 5.41) is 0.451. The first kappa shape index (κ1) is 14.8. The minimum absolute atomic E-state index is 0.0358. The molecule has 3 rings (SSSR count). The van der Waals surface area contributed by atoms with Gasteiger partial charge in [0, 0.05) is 0 Å². The third-order valence-corrected chi connectivity index (χ3v) is 4.69. The molecule has 0 aliphatic rings. The van der Waals surface area contributed by atoms with Gasteiger partial charge in [-0.2, -0.15) is 0 Å². The number of fused-ring (bicyclic) bond motifs is 1. The van der Waals surface area contributed by atoms with Gasteiger partial charge in [-0.15, -0.1) is 11.6 Å². The van der Waals surface area contributed by atoms with Crippen LogP contribution in [-0.4, -0.2) is 9.55 Å². The molecule has 0 radical (unpaired) electrons. The Labute approximate surface area is 137 Å². The molecule has 21 heavy (non-hydrogen) atoms. The Kier molecular flexibility index (Phi) is 3.90. The molecule has 1 heterocycles. The van der Waals surface area contributed by atoms with E-state index in [0.29, 0.717) is 26.5 Å². The van der Waals surface area contributed by atoms with Crippen LogP contribution in [0.3, 0.4) is 0 Å². The molecule has 0 saturated heterocycles. The van der Waals surface area contributed by atoms with Gasteiger partial charge in [-0.3, -0.25) is 4.57 Å². The molecular formula is C14H7BrCl2F2N2. The Morgan fingerprint density at radius 3 is 2.67 bits per heavy atom. The van der Waals surface area contributed by atoms with Gasteiger partial charge in [0.05, 0.1) is 26.6 Å². The molecule has 0 unspecified atom stereocenters. The average Bonchev–Trinajstić information content (AvgIpc) is 2.85. The molecule has 2 nitrogen and oxygen atoms in total. The monoisotopic (exact) mass is 390 g/mol. The van der Waals surface area contributed by atoms with E-state index in [4.69, 9.17) is 23.2 Å². The van der Waals surface area contributed by atoms with E-state index in [1.54, 1.807) is 18.2 Å². The molecule has 0 bridgehead atoms. The van der Waals surface area contributed by atoms with Crippen LogP contribution < -0.4 is 0 Å². The number of imidazole rings is 1. The van der Waals surface area contributed by atoms with Crippen molar-refractivity contribution in [1.29, 1.82) is 0 Å². The van der Waals surface area contributed by atoms with Gasteiger partial charge in [0.25, 0.3) is 0 Å². The molecule has 0 aliphatic carbocycles. The molecular weight excluding hydrogens is 385 g/mol. The summed E-state index contributed by atoms with van der Waals surface area (Å²) in [6.45, 7) is 0. The summed E-state index contributed by atoms with van der Waals surface area (Å²) in [4.78, 5) is 4.24. The topological polar surface area (TPSA) is 17.8 Å². The van der Waals surface area contributed by atoms with Crippen LogP contribution in [0.15, 0.2) is 34.8 Å². The van der Waals surface area contributed by atoms with Crippen LogP contribution in [0.5, 0.6) is 0 Å². The van der Waals surface area contributed by atoms with Crippen molar-refractivity contribution in [2.45, 2.75) is 5.88 Å². The SMILES string of the molecule is Fc1ccc2nc(CCl)n(-c3cccc(Cl)c3Br)c2c1F. The summed E-state index contributed by atoms with van der Waals surface area (Å²) in [6.07, 6.45) is 0. The lowest BCUT2D eigenvalue weighted by molar-refractivity contribution is 0.514. The minimum Gasteiger partial charge on any atom is -0.291 e. The van der Waals surface area contributed by atoms with Gasteiger partial charge in [0.2, 0.25) is 0 Å². The fourth-order valence-corrected chi connectivity index (χ4v) is 2.96. The van der Waals surface area contributed by atoms with Crippen LogP contribution in [0.2, 0.25) is 5.02 Å². The highest BCUT2D eigenvalue weighted by Crippen LogP contribution is 2.33. The van der Waals surface area contributed by atoms with Gasteiger partial charge in [-0.05, 0) is 40.2 Å². The first-order valence-corrected chi connectivity index (χ1v) is 7.60. The van der Waals surface area contributed by atoms with Gasteiger partial charge >= 0.3 is 0 Å². The molecule has 0 amide bonds. The molecule has 0 fully saturated rings. The second-order valence-corrected chi connectivity index (χ2v) is 5.77. The molecule has 2 aromatic carbocycles. The summed E-state index contributed by atoms with van der Waals surface area (Å²) in [5.74, 6) is -1.46. The van der Waals surface area contributed by atoms with Gasteiger partial charge in [0.1, 0.15) is 11.3 Å². The van der Waals surface area contributed by atoms with E-state index in [1.807, 2.05) is 0 Å². The summed E-state index contributed by atoms with van der Waals surface area (Å²) in [6, 6.07) is 7.57. The van der Waals surface area contributed by atoms with Gasteiger partial charge in [-0.1, -0.05) is 17.7 Å². The Morgan fingerprint density at radius 2 is 1.95 bits per heavy atom. The van der Waals surface area contributed by atoms with Crippen LogP contribution in [0.1, 0.15) is 5.82 Å². The molecule has 108 valence electrons. The Balaban J connectivity index is 2.45. The third kappa shape index (κ3) is 2.33. The normalized spacial score (nSPS) is 11.3. The van der Waals surface area contributed by atoms with Crippen molar-refractivity contribution >= 4 is 50.2 Å². The van der Waals surface area contributed by atoms with Crippen LogP contribution >= 0.6 is 39.1 Å². The summed E-state index contributed by atoms with van der Waals surface area (Å²) in [5.41, 5.74) is 0.912. The second-order valence-electron chi connectivity index (χ2n) is 4.30. The lowest BCUT2D eigenvalue weighted by Crippen LogP contribution is -2.02. The number of benzene rings is 2. The molecule has 0 aliphatic heterocycles. The van der Waals surface area contributed by atoms with E-state index in [1.165, 1.54) is 10.6 Å². The molecule has 0 atom stereocenters. The van der Waals surface area contributed by atoms with Crippen molar-refractivity contribution < 1.29 is 8.78 Å². The lowest BCUT2D eigenvalue weighted by atomic mass is 10.2. The highest BCUT2D eigenvalue weighted by Gasteiger charge is 2.20. The van der Waals surface area contributed by atoms with Crippen molar-refractivity contribution in [2.24, 2.45) is 0 Å². The van der Waals surface area contributed by atoms with E-state index in [2.05, 4.69) is 20.9 Å². The standard InChI is InChI=1S/C14H7BrCl2F2N2/c15-12-7(17)2-1-3-10(12)21-11(6-16)20-9-5-4-8(18)13(19)14(9)21/h1-5H,6H2. The highest BCUT2D eigenvalue weighted by molar-refractivity contribution is 9.10. The molecule has 7 heteroatoms. The first-order chi connectivity index (χ1) is 10.0. The summed E-state index contributed by atoms with van der Waals surface area (Å²) in [7, 11) is 0.